The fourth-order valence-electron chi connectivity index (χ4n) is 2.91. The van der Waals surface area contributed by atoms with E-state index in [1.807, 2.05) is 36.4 Å². The highest BCUT2D eigenvalue weighted by atomic mass is 16.5. The minimum Gasteiger partial charge on any atom is -0.489 e. The number of ether oxygens (including phenoxy) is 2. The number of hydrogen-bond acceptors (Lipinski definition) is 6. The standard InChI is InChI=1S/C19H19N3O3/c1-23-19(8-4-9-19)18-21-17(25-22-18)15-6-2-7-16(11-15)24-13-14-5-3-10-20-12-14/h2-3,5-7,10-12H,4,8-9,13H2,1H3. The van der Waals surface area contributed by atoms with Crippen molar-refractivity contribution in [3.63, 3.8) is 0 Å². The van der Waals surface area contributed by atoms with Crippen LogP contribution in [0.2, 0.25) is 0 Å². The lowest BCUT2D eigenvalue weighted by molar-refractivity contribution is -0.0858. The lowest BCUT2D eigenvalue weighted by Crippen LogP contribution is -2.37. The van der Waals surface area contributed by atoms with E-state index in [1.165, 1.54) is 0 Å². The third kappa shape index (κ3) is 3.13. The molecule has 2 heterocycles. The molecule has 0 N–H and O–H groups in total. The largest absolute Gasteiger partial charge is 0.489 e. The average molecular weight is 337 g/mol. The summed E-state index contributed by atoms with van der Waals surface area (Å²) in [5, 5.41) is 4.12. The zero-order valence-electron chi connectivity index (χ0n) is 14.0. The van der Waals surface area contributed by atoms with E-state index >= 15 is 0 Å². The van der Waals surface area contributed by atoms with Gasteiger partial charge in [-0.1, -0.05) is 17.3 Å². The highest BCUT2D eigenvalue weighted by Crippen LogP contribution is 2.43. The zero-order valence-corrected chi connectivity index (χ0v) is 14.0. The Morgan fingerprint density at radius 3 is 2.84 bits per heavy atom. The van der Waals surface area contributed by atoms with Crippen molar-refractivity contribution in [3.05, 3.63) is 60.2 Å². The topological polar surface area (TPSA) is 70.3 Å². The van der Waals surface area contributed by atoms with Gasteiger partial charge in [-0.2, -0.15) is 4.98 Å². The molecule has 1 fully saturated rings. The predicted molar refractivity (Wildman–Crippen MR) is 90.8 cm³/mol. The van der Waals surface area contributed by atoms with Crippen molar-refractivity contribution in [1.29, 1.82) is 0 Å². The molecule has 1 aromatic carbocycles. The lowest BCUT2D eigenvalue weighted by Gasteiger charge is -2.37. The molecule has 6 nitrogen and oxygen atoms in total. The molecule has 128 valence electrons. The molecular weight excluding hydrogens is 318 g/mol. The van der Waals surface area contributed by atoms with Crippen molar-refractivity contribution in [2.75, 3.05) is 7.11 Å². The van der Waals surface area contributed by atoms with Gasteiger partial charge in [-0.25, -0.2) is 0 Å². The molecule has 0 bridgehead atoms. The number of methoxy groups -OCH3 is 1. The maximum atomic E-state index is 5.83. The van der Waals surface area contributed by atoms with Gasteiger partial charge in [-0.15, -0.1) is 0 Å². The summed E-state index contributed by atoms with van der Waals surface area (Å²) < 4.78 is 16.9. The van der Waals surface area contributed by atoms with Gasteiger partial charge in [0.1, 0.15) is 18.0 Å². The SMILES string of the molecule is COC1(c2noc(-c3cccc(OCc4cccnc4)c3)n2)CCC1. The molecule has 0 unspecified atom stereocenters. The van der Waals surface area contributed by atoms with Crippen LogP contribution >= 0.6 is 0 Å². The van der Waals surface area contributed by atoms with E-state index in [0.717, 1.165) is 36.1 Å². The van der Waals surface area contributed by atoms with E-state index in [2.05, 4.69) is 15.1 Å². The van der Waals surface area contributed by atoms with Gasteiger partial charge in [0.25, 0.3) is 5.89 Å². The minimum atomic E-state index is -0.379. The Hall–Kier alpha value is -2.73. The summed E-state index contributed by atoms with van der Waals surface area (Å²) >= 11 is 0. The Morgan fingerprint density at radius 2 is 2.12 bits per heavy atom. The molecule has 6 heteroatoms. The quantitative estimate of drug-likeness (QED) is 0.682. The van der Waals surface area contributed by atoms with Gasteiger partial charge < -0.3 is 14.0 Å². The van der Waals surface area contributed by atoms with E-state index in [-0.39, 0.29) is 5.60 Å². The Kier molecular flexibility index (Phi) is 4.19. The summed E-state index contributed by atoms with van der Waals surface area (Å²) in [5.41, 5.74) is 1.46. The highest BCUT2D eigenvalue weighted by molar-refractivity contribution is 5.55. The van der Waals surface area contributed by atoms with Gasteiger partial charge >= 0.3 is 0 Å². The molecule has 0 amide bonds. The third-order valence-electron chi connectivity index (χ3n) is 4.59. The van der Waals surface area contributed by atoms with Gasteiger partial charge in [0.15, 0.2) is 0 Å². The van der Waals surface area contributed by atoms with E-state index in [0.29, 0.717) is 18.3 Å². The number of pyridine rings is 1. The maximum Gasteiger partial charge on any atom is 0.258 e. The van der Waals surface area contributed by atoms with E-state index in [9.17, 15) is 0 Å². The molecule has 0 saturated heterocycles. The Balaban J connectivity index is 1.51. The Bertz CT molecular complexity index is 838. The number of nitrogens with zero attached hydrogens (tertiary/aromatic N) is 3. The van der Waals surface area contributed by atoms with Gasteiger partial charge in [0, 0.05) is 30.6 Å². The minimum absolute atomic E-state index is 0.379. The fourth-order valence-corrected chi connectivity index (χ4v) is 2.91. The first-order chi connectivity index (χ1) is 12.3. The van der Waals surface area contributed by atoms with Crippen molar-refractivity contribution >= 4 is 0 Å². The summed E-state index contributed by atoms with van der Waals surface area (Å²) in [6.07, 6.45) is 6.51. The Morgan fingerprint density at radius 1 is 1.20 bits per heavy atom. The normalized spacial score (nSPS) is 15.6. The van der Waals surface area contributed by atoms with Crippen LogP contribution in [0.4, 0.5) is 0 Å². The number of rotatable bonds is 6. The van der Waals surface area contributed by atoms with Crippen molar-refractivity contribution in [2.45, 2.75) is 31.5 Å². The monoisotopic (exact) mass is 337 g/mol. The van der Waals surface area contributed by atoms with Crippen LogP contribution in [0.1, 0.15) is 30.7 Å². The summed E-state index contributed by atoms with van der Waals surface area (Å²) in [6.45, 7) is 0.458. The second-order valence-corrected chi connectivity index (χ2v) is 6.15. The third-order valence-corrected chi connectivity index (χ3v) is 4.59. The fraction of sp³-hybridized carbons (Fsp3) is 0.316. The lowest BCUT2D eigenvalue weighted by atomic mass is 9.79. The van der Waals surface area contributed by atoms with Gasteiger partial charge in [-0.3, -0.25) is 4.98 Å². The first-order valence-electron chi connectivity index (χ1n) is 8.31. The average Bonchev–Trinajstić information content (AvgIpc) is 3.11. The van der Waals surface area contributed by atoms with Gasteiger partial charge in [-0.05, 0) is 43.5 Å². The van der Waals surface area contributed by atoms with Crippen LogP contribution in [0, 0.1) is 0 Å². The number of hydrogen-bond donors (Lipinski definition) is 0. The molecule has 1 aliphatic rings. The predicted octanol–water partition coefficient (Wildman–Crippen LogP) is 3.74. The van der Waals surface area contributed by atoms with Crippen LogP contribution in [0.3, 0.4) is 0 Å². The molecule has 25 heavy (non-hydrogen) atoms. The van der Waals surface area contributed by atoms with Crippen LogP contribution in [0.25, 0.3) is 11.5 Å². The smallest absolute Gasteiger partial charge is 0.258 e. The molecule has 0 radical (unpaired) electrons. The second-order valence-electron chi connectivity index (χ2n) is 6.15. The Labute approximate surface area is 145 Å². The molecule has 0 spiro atoms. The van der Waals surface area contributed by atoms with Crippen LogP contribution in [0.5, 0.6) is 5.75 Å². The first kappa shape index (κ1) is 15.8. The molecule has 0 atom stereocenters. The van der Waals surface area contributed by atoms with Crippen molar-refractivity contribution in [1.82, 2.24) is 15.1 Å². The van der Waals surface area contributed by atoms with E-state index < -0.39 is 0 Å². The second kappa shape index (κ2) is 6.64. The summed E-state index contributed by atoms with van der Waals surface area (Å²) in [4.78, 5) is 8.62. The van der Waals surface area contributed by atoms with Gasteiger partial charge in [0.2, 0.25) is 5.82 Å². The van der Waals surface area contributed by atoms with E-state index in [4.69, 9.17) is 14.0 Å². The zero-order chi connectivity index (χ0) is 17.1. The molecule has 0 aliphatic heterocycles. The van der Waals surface area contributed by atoms with Crippen LogP contribution < -0.4 is 4.74 Å². The van der Waals surface area contributed by atoms with E-state index in [1.54, 1.807) is 19.5 Å². The van der Waals surface area contributed by atoms with Gasteiger partial charge in [0.05, 0.1) is 0 Å². The molecule has 1 saturated carbocycles. The number of aromatic nitrogens is 3. The molecule has 2 aromatic heterocycles. The summed E-state index contributed by atoms with van der Waals surface area (Å²) in [7, 11) is 1.70. The number of benzene rings is 1. The van der Waals surface area contributed by atoms with Crippen molar-refractivity contribution in [3.8, 4) is 17.2 Å². The van der Waals surface area contributed by atoms with Crippen LogP contribution in [0.15, 0.2) is 53.3 Å². The molecule has 3 aromatic rings. The molecule has 4 rings (SSSR count). The van der Waals surface area contributed by atoms with Crippen LogP contribution in [-0.2, 0) is 16.9 Å². The molecular formula is C19H19N3O3. The molecule has 1 aliphatic carbocycles. The summed E-state index contributed by atoms with van der Waals surface area (Å²) in [6, 6.07) is 11.5. The maximum absolute atomic E-state index is 5.83. The summed E-state index contributed by atoms with van der Waals surface area (Å²) in [5.74, 6) is 1.84. The highest BCUT2D eigenvalue weighted by Gasteiger charge is 2.43. The van der Waals surface area contributed by atoms with Crippen LogP contribution in [-0.4, -0.2) is 22.2 Å². The van der Waals surface area contributed by atoms with Crippen molar-refractivity contribution < 1.29 is 14.0 Å². The first-order valence-corrected chi connectivity index (χ1v) is 8.31. The van der Waals surface area contributed by atoms with Crippen molar-refractivity contribution in [2.24, 2.45) is 0 Å².